The van der Waals surface area contributed by atoms with Gasteiger partial charge in [0.15, 0.2) is 5.78 Å². The summed E-state index contributed by atoms with van der Waals surface area (Å²) in [5.41, 5.74) is 2.24. The number of carbonyl (C=O) groups is 1. The molecule has 2 aromatic rings. The second-order valence-electron chi connectivity index (χ2n) is 8.67. The minimum Gasteiger partial charge on any atom is -0.489 e. The molecule has 1 N–H and O–H groups in total. The molecule has 5 heteroatoms. The molecule has 2 aromatic carbocycles. The van der Waals surface area contributed by atoms with Crippen molar-refractivity contribution in [1.29, 1.82) is 10.7 Å². The van der Waals surface area contributed by atoms with Gasteiger partial charge in [0.05, 0.1) is 6.07 Å². The van der Waals surface area contributed by atoms with Crippen LogP contribution >= 0.6 is 0 Å². The van der Waals surface area contributed by atoms with E-state index in [2.05, 4.69) is 6.07 Å². The molecule has 2 aliphatic rings. The summed E-state index contributed by atoms with van der Waals surface area (Å²) in [6, 6.07) is 19.5. The van der Waals surface area contributed by atoms with Gasteiger partial charge in [-0.1, -0.05) is 56.3 Å². The first-order chi connectivity index (χ1) is 14.4. The summed E-state index contributed by atoms with van der Waals surface area (Å²) in [6.45, 7) is 4.50. The first kappa shape index (κ1) is 19.9. The van der Waals surface area contributed by atoms with Gasteiger partial charge in [-0.25, -0.2) is 0 Å². The number of nitriles is 1. The average Bonchev–Trinajstić information content (AvgIpc) is 2.71. The summed E-state index contributed by atoms with van der Waals surface area (Å²) >= 11 is 0. The fourth-order valence-corrected chi connectivity index (χ4v) is 4.23. The third kappa shape index (κ3) is 3.86. The van der Waals surface area contributed by atoms with E-state index in [1.165, 1.54) is 0 Å². The maximum absolute atomic E-state index is 13.0. The van der Waals surface area contributed by atoms with Crippen LogP contribution in [-0.4, -0.2) is 11.7 Å². The second kappa shape index (κ2) is 7.79. The lowest BCUT2D eigenvalue weighted by Crippen LogP contribution is -2.38. The first-order valence-electron chi connectivity index (χ1n) is 10.1. The smallest absolute Gasteiger partial charge is 0.205 e. The Kier molecular flexibility index (Phi) is 5.17. The number of nitrogens with one attached hydrogen (secondary N) is 1. The Bertz CT molecular complexity index is 1050. The number of nitrogens with zero attached hydrogens (tertiary/aromatic N) is 1. The predicted molar refractivity (Wildman–Crippen MR) is 113 cm³/mol. The van der Waals surface area contributed by atoms with E-state index in [0.717, 1.165) is 11.1 Å². The van der Waals surface area contributed by atoms with Gasteiger partial charge in [0.1, 0.15) is 24.0 Å². The van der Waals surface area contributed by atoms with Crippen molar-refractivity contribution in [3.05, 3.63) is 77.1 Å². The fraction of sp³-hybridized carbons (Fsp3) is 0.320. The van der Waals surface area contributed by atoms with Crippen molar-refractivity contribution in [3.8, 4) is 11.8 Å². The number of hydrogen-bond acceptors (Lipinski definition) is 5. The number of rotatable bonds is 4. The van der Waals surface area contributed by atoms with Crippen molar-refractivity contribution >= 4 is 11.7 Å². The van der Waals surface area contributed by atoms with Gasteiger partial charge in [0, 0.05) is 24.3 Å². The van der Waals surface area contributed by atoms with Crippen LogP contribution in [-0.2, 0) is 16.1 Å². The van der Waals surface area contributed by atoms with Crippen molar-refractivity contribution in [2.75, 3.05) is 0 Å². The molecule has 0 aromatic heterocycles. The standard InChI is InChI=1S/C25H24N2O3/c1-25(2)12-20(28)23-21(13-25)30-24(27)19(14-26)22(23)17-8-10-18(11-9-17)29-15-16-6-4-3-5-7-16/h3-11,19,22,27H,12-13,15H2,1-2H3. The van der Waals surface area contributed by atoms with Gasteiger partial charge in [-0.15, -0.1) is 0 Å². The van der Waals surface area contributed by atoms with Crippen LogP contribution in [0.2, 0.25) is 0 Å². The van der Waals surface area contributed by atoms with Gasteiger partial charge in [0.2, 0.25) is 5.90 Å². The quantitative estimate of drug-likeness (QED) is 0.770. The SMILES string of the molecule is CC1(C)CC(=O)C2=C(C1)OC(=N)C(C#N)C2c1ccc(OCc2ccccc2)cc1. The number of carbonyl (C=O) groups excluding carboxylic acids is 1. The van der Waals surface area contributed by atoms with Crippen molar-refractivity contribution < 1.29 is 14.3 Å². The van der Waals surface area contributed by atoms with Crippen molar-refractivity contribution in [2.24, 2.45) is 11.3 Å². The highest BCUT2D eigenvalue weighted by Crippen LogP contribution is 2.47. The van der Waals surface area contributed by atoms with E-state index in [-0.39, 0.29) is 17.1 Å². The first-order valence-corrected chi connectivity index (χ1v) is 10.1. The lowest BCUT2D eigenvalue weighted by Gasteiger charge is -2.39. The molecule has 1 heterocycles. The Labute approximate surface area is 176 Å². The summed E-state index contributed by atoms with van der Waals surface area (Å²) in [5, 5.41) is 17.9. The second-order valence-corrected chi connectivity index (χ2v) is 8.67. The average molecular weight is 400 g/mol. The summed E-state index contributed by atoms with van der Waals surface area (Å²) in [5.74, 6) is -0.131. The van der Waals surface area contributed by atoms with Gasteiger partial charge in [-0.05, 0) is 28.7 Å². The van der Waals surface area contributed by atoms with E-state index in [1.807, 2.05) is 68.4 Å². The number of ether oxygens (including phenoxy) is 2. The molecule has 5 nitrogen and oxygen atoms in total. The van der Waals surface area contributed by atoms with Crippen LogP contribution in [0.25, 0.3) is 0 Å². The van der Waals surface area contributed by atoms with Crippen LogP contribution in [0, 0.1) is 28.1 Å². The van der Waals surface area contributed by atoms with Crippen LogP contribution in [0.3, 0.4) is 0 Å². The zero-order chi connectivity index (χ0) is 21.3. The molecule has 1 aliphatic heterocycles. The van der Waals surface area contributed by atoms with E-state index in [9.17, 15) is 10.1 Å². The molecule has 152 valence electrons. The third-order valence-electron chi connectivity index (χ3n) is 5.67. The van der Waals surface area contributed by atoms with Crippen LogP contribution in [0.5, 0.6) is 5.75 Å². The maximum atomic E-state index is 13.0. The minimum absolute atomic E-state index is 0.00315. The highest BCUT2D eigenvalue weighted by molar-refractivity contribution is 6.01. The number of hydrogen-bond donors (Lipinski definition) is 1. The largest absolute Gasteiger partial charge is 0.489 e. The lowest BCUT2D eigenvalue weighted by atomic mass is 9.68. The monoisotopic (exact) mass is 400 g/mol. The molecule has 4 rings (SSSR count). The molecule has 30 heavy (non-hydrogen) atoms. The predicted octanol–water partition coefficient (Wildman–Crippen LogP) is 5.14. The molecule has 0 amide bonds. The molecule has 2 atom stereocenters. The van der Waals surface area contributed by atoms with Gasteiger partial charge in [0.25, 0.3) is 0 Å². The molecule has 0 fully saturated rings. The van der Waals surface area contributed by atoms with Crippen molar-refractivity contribution in [2.45, 2.75) is 39.2 Å². The molecule has 0 radical (unpaired) electrons. The maximum Gasteiger partial charge on any atom is 0.205 e. The van der Waals surface area contributed by atoms with Gasteiger partial charge < -0.3 is 9.47 Å². The van der Waals surface area contributed by atoms with Gasteiger partial charge >= 0.3 is 0 Å². The molecule has 0 saturated carbocycles. The minimum atomic E-state index is -0.815. The van der Waals surface area contributed by atoms with Crippen LogP contribution in [0.1, 0.15) is 43.7 Å². The van der Waals surface area contributed by atoms with Gasteiger partial charge in [-0.3, -0.25) is 10.2 Å². The van der Waals surface area contributed by atoms with Crippen LogP contribution in [0.4, 0.5) is 0 Å². The Balaban J connectivity index is 1.62. The zero-order valence-corrected chi connectivity index (χ0v) is 17.1. The zero-order valence-electron chi connectivity index (χ0n) is 17.1. The Morgan fingerprint density at radius 3 is 2.50 bits per heavy atom. The molecule has 0 saturated heterocycles. The Morgan fingerprint density at radius 1 is 1.13 bits per heavy atom. The molecular formula is C25H24N2O3. The molecular weight excluding hydrogens is 376 g/mol. The summed E-state index contributed by atoms with van der Waals surface area (Å²) in [6.07, 6.45) is 0.999. The Hall–Kier alpha value is -3.39. The molecule has 2 unspecified atom stereocenters. The van der Waals surface area contributed by atoms with Crippen molar-refractivity contribution in [3.63, 3.8) is 0 Å². The topological polar surface area (TPSA) is 83.2 Å². The fourth-order valence-electron chi connectivity index (χ4n) is 4.23. The molecule has 0 spiro atoms. The van der Waals surface area contributed by atoms with Crippen molar-refractivity contribution in [1.82, 2.24) is 0 Å². The van der Waals surface area contributed by atoms with E-state index in [4.69, 9.17) is 14.9 Å². The lowest BCUT2D eigenvalue weighted by molar-refractivity contribution is -0.119. The summed E-state index contributed by atoms with van der Waals surface area (Å²) in [4.78, 5) is 13.0. The third-order valence-corrected chi connectivity index (χ3v) is 5.67. The van der Waals surface area contributed by atoms with Crippen LogP contribution in [0.15, 0.2) is 65.9 Å². The number of Topliss-reactive ketones (excluding diaryl/α,β-unsaturated/α-hetero) is 1. The van der Waals surface area contributed by atoms with E-state index < -0.39 is 11.8 Å². The summed E-state index contributed by atoms with van der Waals surface area (Å²) in [7, 11) is 0. The number of benzene rings is 2. The van der Waals surface area contributed by atoms with E-state index in [1.54, 1.807) is 0 Å². The van der Waals surface area contributed by atoms with Gasteiger partial charge in [-0.2, -0.15) is 5.26 Å². The highest BCUT2D eigenvalue weighted by Gasteiger charge is 2.46. The van der Waals surface area contributed by atoms with E-state index >= 15 is 0 Å². The summed E-state index contributed by atoms with van der Waals surface area (Å²) < 4.78 is 11.5. The number of allylic oxidation sites excluding steroid dienone is 2. The molecule has 1 aliphatic carbocycles. The Morgan fingerprint density at radius 2 is 1.83 bits per heavy atom. The highest BCUT2D eigenvalue weighted by atomic mass is 16.5. The molecule has 0 bridgehead atoms. The van der Waals surface area contributed by atoms with E-state index in [0.29, 0.717) is 36.5 Å². The number of ketones is 1. The van der Waals surface area contributed by atoms with Crippen LogP contribution < -0.4 is 4.74 Å². The normalized spacial score (nSPS) is 22.7.